The minimum absolute atomic E-state index is 0.271. The molecule has 0 bridgehead atoms. The van der Waals surface area contributed by atoms with E-state index in [1.165, 1.54) is 32.1 Å². The monoisotopic (exact) mass is 171 g/mol. The van der Waals surface area contributed by atoms with E-state index in [4.69, 9.17) is 5.11 Å². The van der Waals surface area contributed by atoms with Crippen LogP contribution in [0.2, 0.25) is 0 Å². The fourth-order valence-electron chi connectivity index (χ4n) is 2.21. The van der Waals surface area contributed by atoms with Crippen LogP contribution in [0.5, 0.6) is 0 Å². The Morgan fingerprint density at radius 3 is 2.75 bits per heavy atom. The highest BCUT2D eigenvalue weighted by Gasteiger charge is 2.22. The van der Waals surface area contributed by atoms with E-state index in [0.29, 0.717) is 6.04 Å². The van der Waals surface area contributed by atoms with Crippen molar-refractivity contribution >= 4 is 0 Å². The normalized spacial score (nSPS) is 30.5. The van der Waals surface area contributed by atoms with Crippen molar-refractivity contribution in [1.29, 1.82) is 0 Å². The molecule has 0 aliphatic heterocycles. The number of aliphatic hydroxyl groups is 1. The smallest absolute Gasteiger partial charge is 0.0556 e. The maximum Gasteiger partial charge on any atom is 0.0556 e. The van der Waals surface area contributed by atoms with E-state index in [2.05, 4.69) is 12.2 Å². The van der Waals surface area contributed by atoms with Crippen molar-refractivity contribution in [2.45, 2.75) is 45.1 Å². The first kappa shape index (κ1) is 10.0. The van der Waals surface area contributed by atoms with Gasteiger partial charge >= 0.3 is 0 Å². The van der Waals surface area contributed by atoms with Gasteiger partial charge in [-0.15, -0.1) is 0 Å². The van der Waals surface area contributed by atoms with Gasteiger partial charge in [0.15, 0.2) is 0 Å². The summed E-state index contributed by atoms with van der Waals surface area (Å²) in [6.45, 7) is 3.30. The SMILES string of the molecule is CCC1CCCCC1NCCO. The van der Waals surface area contributed by atoms with E-state index in [1.807, 2.05) is 0 Å². The standard InChI is InChI=1S/C10H21NO/c1-2-9-5-3-4-6-10(9)11-7-8-12/h9-12H,2-8H2,1H3. The molecule has 1 aliphatic rings. The van der Waals surface area contributed by atoms with Crippen molar-refractivity contribution < 1.29 is 5.11 Å². The highest BCUT2D eigenvalue weighted by atomic mass is 16.3. The molecule has 72 valence electrons. The van der Waals surface area contributed by atoms with E-state index in [0.717, 1.165) is 12.5 Å². The summed E-state index contributed by atoms with van der Waals surface area (Å²) < 4.78 is 0. The van der Waals surface area contributed by atoms with Crippen LogP contribution in [0.3, 0.4) is 0 Å². The average Bonchev–Trinajstić information content (AvgIpc) is 2.15. The van der Waals surface area contributed by atoms with Crippen LogP contribution in [0.4, 0.5) is 0 Å². The van der Waals surface area contributed by atoms with Crippen molar-refractivity contribution in [2.24, 2.45) is 5.92 Å². The molecule has 1 rings (SSSR count). The molecule has 12 heavy (non-hydrogen) atoms. The third kappa shape index (κ3) is 2.76. The van der Waals surface area contributed by atoms with Gasteiger partial charge in [0.25, 0.3) is 0 Å². The first-order valence-electron chi connectivity index (χ1n) is 5.22. The number of nitrogens with one attached hydrogen (secondary N) is 1. The van der Waals surface area contributed by atoms with E-state index in [1.54, 1.807) is 0 Å². The Kier molecular flexibility index (Phi) is 4.62. The molecule has 0 amide bonds. The summed E-state index contributed by atoms with van der Waals surface area (Å²) in [6.07, 6.45) is 6.72. The van der Waals surface area contributed by atoms with Gasteiger partial charge in [0.1, 0.15) is 0 Å². The Bertz CT molecular complexity index is 116. The lowest BCUT2D eigenvalue weighted by Gasteiger charge is -2.31. The zero-order chi connectivity index (χ0) is 8.81. The largest absolute Gasteiger partial charge is 0.395 e. The van der Waals surface area contributed by atoms with Gasteiger partial charge in [0, 0.05) is 12.6 Å². The lowest BCUT2D eigenvalue weighted by molar-refractivity contribution is 0.227. The molecule has 2 unspecified atom stereocenters. The van der Waals surface area contributed by atoms with E-state index < -0.39 is 0 Å². The molecular formula is C10H21NO. The summed E-state index contributed by atoms with van der Waals surface area (Å²) in [5.74, 6) is 0.852. The third-order valence-electron chi connectivity index (χ3n) is 2.95. The van der Waals surface area contributed by atoms with Crippen molar-refractivity contribution in [1.82, 2.24) is 5.32 Å². The predicted octanol–water partition coefficient (Wildman–Crippen LogP) is 1.54. The zero-order valence-electron chi connectivity index (χ0n) is 8.05. The molecule has 0 radical (unpaired) electrons. The van der Waals surface area contributed by atoms with Gasteiger partial charge in [-0.3, -0.25) is 0 Å². The van der Waals surface area contributed by atoms with Gasteiger partial charge < -0.3 is 10.4 Å². The molecule has 1 saturated carbocycles. The molecule has 2 N–H and O–H groups in total. The van der Waals surface area contributed by atoms with E-state index in [-0.39, 0.29) is 6.61 Å². The van der Waals surface area contributed by atoms with Gasteiger partial charge in [0.2, 0.25) is 0 Å². The van der Waals surface area contributed by atoms with Crippen LogP contribution in [-0.2, 0) is 0 Å². The molecule has 0 aromatic heterocycles. The first-order valence-corrected chi connectivity index (χ1v) is 5.22. The lowest BCUT2D eigenvalue weighted by Crippen LogP contribution is -2.39. The van der Waals surface area contributed by atoms with Gasteiger partial charge in [-0.05, 0) is 18.8 Å². The summed E-state index contributed by atoms with van der Waals surface area (Å²) in [4.78, 5) is 0. The summed E-state index contributed by atoms with van der Waals surface area (Å²) in [5, 5.41) is 12.1. The highest BCUT2D eigenvalue weighted by molar-refractivity contribution is 4.79. The van der Waals surface area contributed by atoms with Crippen LogP contribution >= 0.6 is 0 Å². The van der Waals surface area contributed by atoms with Crippen molar-refractivity contribution in [3.05, 3.63) is 0 Å². The number of rotatable bonds is 4. The number of hydrogen-bond donors (Lipinski definition) is 2. The third-order valence-corrected chi connectivity index (χ3v) is 2.95. The molecule has 2 nitrogen and oxygen atoms in total. The molecule has 1 aliphatic carbocycles. The van der Waals surface area contributed by atoms with Crippen molar-refractivity contribution in [3.63, 3.8) is 0 Å². The fourth-order valence-corrected chi connectivity index (χ4v) is 2.21. The Balaban J connectivity index is 2.26. The van der Waals surface area contributed by atoms with Crippen LogP contribution in [-0.4, -0.2) is 24.3 Å². The van der Waals surface area contributed by atoms with Crippen molar-refractivity contribution in [3.8, 4) is 0 Å². The summed E-state index contributed by atoms with van der Waals surface area (Å²) in [7, 11) is 0. The van der Waals surface area contributed by atoms with Gasteiger partial charge in [0.05, 0.1) is 6.61 Å². The maximum atomic E-state index is 8.69. The molecule has 0 aromatic carbocycles. The van der Waals surface area contributed by atoms with Crippen LogP contribution in [0.25, 0.3) is 0 Å². The van der Waals surface area contributed by atoms with E-state index in [9.17, 15) is 0 Å². The quantitative estimate of drug-likeness (QED) is 0.672. The molecule has 0 heterocycles. The minimum atomic E-state index is 0.271. The highest BCUT2D eigenvalue weighted by Crippen LogP contribution is 2.26. The summed E-state index contributed by atoms with van der Waals surface area (Å²) >= 11 is 0. The van der Waals surface area contributed by atoms with Crippen LogP contribution in [0, 0.1) is 5.92 Å². The molecular weight excluding hydrogens is 150 g/mol. The Labute approximate surface area is 75.4 Å². The Morgan fingerprint density at radius 2 is 2.08 bits per heavy atom. The van der Waals surface area contributed by atoms with Crippen LogP contribution in [0.15, 0.2) is 0 Å². The Morgan fingerprint density at radius 1 is 1.33 bits per heavy atom. The molecule has 2 atom stereocenters. The fraction of sp³-hybridized carbons (Fsp3) is 1.00. The van der Waals surface area contributed by atoms with Gasteiger partial charge in [-0.25, -0.2) is 0 Å². The lowest BCUT2D eigenvalue weighted by atomic mass is 9.83. The Hall–Kier alpha value is -0.0800. The minimum Gasteiger partial charge on any atom is -0.395 e. The second-order valence-corrected chi connectivity index (χ2v) is 3.74. The topological polar surface area (TPSA) is 32.3 Å². The van der Waals surface area contributed by atoms with E-state index >= 15 is 0 Å². The van der Waals surface area contributed by atoms with Crippen LogP contribution < -0.4 is 5.32 Å². The molecule has 0 spiro atoms. The second kappa shape index (κ2) is 5.55. The first-order chi connectivity index (χ1) is 5.88. The maximum absolute atomic E-state index is 8.69. The van der Waals surface area contributed by atoms with Crippen molar-refractivity contribution in [2.75, 3.05) is 13.2 Å². The number of hydrogen-bond acceptors (Lipinski definition) is 2. The summed E-state index contributed by atoms with van der Waals surface area (Å²) in [5.41, 5.74) is 0. The van der Waals surface area contributed by atoms with Crippen LogP contribution in [0.1, 0.15) is 39.0 Å². The zero-order valence-corrected chi connectivity index (χ0v) is 8.05. The number of aliphatic hydroxyl groups excluding tert-OH is 1. The van der Waals surface area contributed by atoms with Gasteiger partial charge in [-0.1, -0.05) is 26.2 Å². The predicted molar refractivity (Wildman–Crippen MR) is 51.1 cm³/mol. The van der Waals surface area contributed by atoms with Gasteiger partial charge in [-0.2, -0.15) is 0 Å². The molecule has 0 saturated heterocycles. The molecule has 1 fully saturated rings. The molecule has 0 aromatic rings. The summed E-state index contributed by atoms with van der Waals surface area (Å²) in [6, 6.07) is 0.677. The molecule has 2 heteroatoms. The second-order valence-electron chi connectivity index (χ2n) is 3.74. The average molecular weight is 171 g/mol.